The van der Waals surface area contributed by atoms with Crippen LogP contribution in [-0.4, -0.2) is 11.7 Å². The summed E-state index contributed by atoms with van der Waals surface area (Å²) in [6.07, 6.45) is 5.26. The smallest absolute Gasteiger partial charge is 0.0468 e. The third kappa shape index (κ3) is 2.19. The van der Waals surface area contributed by atoms with Crippen LogP contribution in [0.25, 0.3) is 0 Å². The standard InChI is InChI=1S/C10H16O/c1-8-3-4-10(5-6-11)7-9(8)2/h4,11H,3,5-7H2,1-2H3. The monoisotopic (exact) mass is 152 g/mol. The zero-order valence-corrected chi connectivity index (χ0v) is 7.35. The summed E-state index contributed by atoms with van der Waals surface area (Å²) in [5.41, 5.74) is 4.37. The molecule has 11 heavy (non-hydrogen) atoms. The van der Waals surface area contributed by atoms with E-state index in [9.17, 15) is 0 Å². The number of aliphatic hydroxyl groups is 1. The fourth-order valence-electron chi connectivity index (χ4n) is 1.37. The molecule has 0 unspecified atom stereocenters. The first-order valence-electron chi connectivity index (χ1n) is 4.18. The summed E-state index contributed by atoms with van der Waals surface area (Å²) in [6.45, 7) is 4.65. The first-order valence-corrected chi connectivity index (χ1v) is 4.18. The summed E-state index contributed by atoms with van der Waals surface area (Å²) < 4.78 is 0. The van der Waals surface area contributed by atoms with E-state index in [0.717, 1.165) is 19.3 Å². The summed E-state index contributed by atoms with van der Waals surface area (Å²) in [6, 6.07) is 0. The molecule has 0 saturated heterocycles. The van der Waals surface area contributed by atoms with Gasteiger partial charge in [0.05, 0.1) is 0 Å². The lowest BCUT2D eigenvalue weighted by Gasteiger charge is -2.15. The van der Waals surface area contributed by atoms with E-state index in [1.807, 2.05) is 0 Å². The van der Waals surface area contributed by atoms with Gasteiger partial charge in [-0.2, -0.15) is 0 Å². The Morgan fingerprint density at radius 2 is 2.09 bits per heavy atom. The van der Waals surface area contributed by atoms with Crippen molar-refractivity contribution in [3.63, 3.8) is 0 Å². The molecule has 62 valence electrons. The van der Waals surface area contributed by atoms with Crippen LogP contribution >= 0.6 is 0 Å². The Hall–Kier alpha value is -0.560. The third-order valence-corrected chi connectivity index (χ3v) is 2.35. The SMILES string of the molecule is CC1=C(C)CC(CCO)=CC1. The van der Waals surface area contributed by atoms with Crippen LogP contribution in [0.1, 0.15) is 33.1 Å². The molecule has 1 aliphatic carbocycles. The Morgan fingerprint density at radius 3 is 2.64 bits per heavy atom. The molecule has 1 N–H and O–H groups in total. The van der Waals surface area contributed by atoms with E-state index in [1.165, 1.54) is 16.7 Å². The Kier molecular flexibility index (Phi) is 2.89. The molecule has 0 spiro atoms. The van der Waals surface area contributed by atoms with E-state index in [1.54, 1.807) is 0 Å². The van der Waals surface area contributed by atoms with Gasteiger partial charge in [-0.3, -0.25) is 0 Å². The van der Waals surface area contributed by atoms with Crippen molar-refractivity contribution in [2.24, 2.45) is 0 Å². The molecule has 0 aliphatic heterocycles. The van der Waals surface area contributed by atoms with Gasteiger partial charge < -0.3 is 5.11 Å². The van der Waals surface area contributed by atoms with Gasteiger partial charge >= 0.3 is 0 Å². The van der Waals surface area contributed by atoms with Crippen molar-refractivity contribution in [1.82, 2.24) is 0 Å². The largest absolute Gasteiger partial charge is 0.396 e. The summed E-state index contributed by atoms with van der Waals surface area (Å²) in [5, 5.41) is 8.71. The highest BCUT2D eigenvalue weighted by Crippen LogP contribution is 2.25. The van der Waals surface area contributed by atoms with Crippen molar-refractivity contribution in [3.8, 4) is 0 Å². The molecule has 0 radical (unpaired) electrons. The molecule has 0 aromatic carbocycles. The van der Waals surface area contributed by atoms with Crippen molar-refractivity contribution in [3.05, 3.63) is 22.8 Å². The van der Waals surface area contributed by atoms with Gasteiger partial charge in [0.2, 0.25) is 0 Å². The zero-order chi connectivity index (χ0) is 8.27. The molecule has 0 saturated carbocycles. The van der Waals surface area contributed by atoms with Gasteiger partial charge in [-0.15, -0.1) is 0 Å². The van der Waals surface area contributed by atoms with Gasteiger partial charge in [0, 0.05) is 6.61 Å². The Bertz CT molecular complexity index is 199. The van der Waals surface area contributed by atoms with E-state index < -0.39 is 0 Å². The van der Waals surface area contributed by atoms with E-state index >= 15 is 0 Å². The molecule has 1 aliphatic rings. The maximum absolute atomic E-state index is 8.71. The highest BCUT2D eigenvalue weighted by Gasteiger charge is 2.06. The summed E-state index contributed by atoms with van der Waals surface area (Å²) in [7, 11) is 0. The normalized spacial score (nSPS) is 18.6. The number of hydrogen-bond acceptors (Lipinski definition) is 1. The molecule has 1 rings (SSSR count). The molecule has 0 aromatic heterocycles. The quantitative estimate of drug-likeness (QED) is 0.602. The second-order valence-corrected chi connectivity index (χ2v) is 3.28. The molecular formula is C10H16O. The molecule has 0 bridgehead atoms. The maximum atomic E-state index is 8.71. The molecule has 0 amide bonds. The first-order chi connectivity index (χ1) is 5.24. The zero-order valence-electron chi connectivity index (χ0n) is 7.35. The lowest BCUT2D eigenvalue weighted by atomic mass is 9.92. The second kappa shape index (κ2) is 3.72. The predicted octanol–water partition coefficient (Wildman–Crippen LogP) is 2.43. The minimum absolute atomic E-state index is 0.290. The Balaban J connectivity index is 2.52. The lowest BCUT2D eigenvalue weighted by Crippen LogP contribution is -1.97. The van der Waals surface area contributed by atoms with E-state index in [2.05, 4.69) is 19.9 Å². The van der Waals surface area contributed by atoms with Gasteiger partial charge in [0.25, 0.3) is 0 Å². The summed E-state index contributed by atoms with van der Waals surface area (Å²) >= 11 is 0. The average Bonchev–Trinajstić information content (AvgIpc) is 1.98. The first kappa shape index (κ1) is 8.54. The van der Waals surface area contributed by atoms with Crippen molar-refractivity contribution in [2.75, 3.05) is 6.61 Å². The fraction of sp³-hybridized carbons (Fsp3) is 0.600. The Labute approximate surface area is 68.4 Å². The highest BCUT2D eigenvalue weighted by molar-refractivity contribution is 5.26. The lowest BCUT2D eigenvalue weighted by molar-refractivity contribution is 0.298. The number of allylic oxidation sites excluding steroid dienone is 3. The van der Waals surface area contributed by atoms with Crippen LogP contribution in [-0.2, 0) is 0 Å². The van der Waals surface area contributed by atoms with Crippen LogP contribution in [0.15, 0.2) is 22.8 Å². The molecule has 0 atom stereocenters. The van der Waals surface area contributed by atoms with Gasteiger partial charge in [0.1, 0.15) is 0 Å². The Morgan fingerprint density at radius 1 is 1.36 bits per heavy atom. The second-order valence-electron chi connectivity index (χ2n) is 3.28. The van der Waals surface area contributed by atoms with E-state index in [0.29, 0.717) is 0 Å². The van der Waals surface area contributed by atoms with Gasteiger partial charge in [0.15, 0.2) is 0 Å². The van der Waals surface area contributed by atoms with Gasteiger partial charge in [-0.25, -0.2) is 0 Å². The number of rotatable bonds is 2. The average molecular weight is 152 g/mol. The fourth-order valence-corrected chi connectivity index (χ4v) is 1.37. The van der Waals surface area contributed by atoms with Gasteiger partial charge in [-0.1, -0.05) is 22.8 Å². The van der Waals surface area contributed by atoms with E-state index in [-0.39, 0.29) is 6.61 Å². The highest BCUT2D eigenvalue weighted by atomic mass is 16.2. The van der Waals surface area contributed by atoms with Crippen LogP contribution < -0.4 is 0 Å². The molecule has 1 heteroatoms. The van der Waals surface area contributed by atoms with Crippen LogP contribution in [0.2, 0.25) is 0 Å². The number of hydrogen-bond donors (Lipinski definition) is 1. The van der Waals surface area contributed by atoms with Crippen molar-refractivity contribution in [2.45, 2.75) is 33.1 Å². The van der Waals surface area contributed by atoms with E-state index in [4.69, 9.17) is 5.11 Å². The number of aliphatic hydroxyl groups excluding tert-OH is 1. The van der Waals surface area contributed by atoms with Crippen molar-refractivity contribution in [1.29, 1.82) is 0 Å². The summed E-state index contributed by atoms with van der Waals surface area (Å²) in [5.74, 6) is 0. The molecule has 0 heterocycles. The van der Waals surface area contributed by atoms with Crippen molar-refractivity contribution < 1.29 is 5.11 Å². The predicted molar refractivity (Wildman–Crippen MR) is 47.4 cm³/mol. The van der Waals surface area contributed by atoms with Crippen LogP contribution in [0.3, 0.4) is 0 Å². The minimum atomic E-state index is 0.290. The van der Waals surface area contributed by atoms with Crippen LogP contribution in [0.5, 0.6) is 0 Å². The van der Waals surface area contributed by atoms with Crippen LogP contribution in [0.4, 0.5) is 0 Å². The van der Waals surface area contributed by atoms with Gasteiger partial charge in [-0.05, 0) is 33.1 Å². The summed E-state index contributed by atoms with van der Waals surface area (Å²) in [4.78, 5) is 0. The minimum Gasteiger partial charge on any atom is -0.396 e. The molecule has 0 aromatic rings. The van der Waals surface area contributed by atoms with Crippen LogP contribution in [0, 0.1) is 0 Å². The topological polar surface area (TPSA) is 20.2 Å². The maximum Gasteiger partial charge on any atom is 0.0468 e. The van der Waals surface area contributed by atoms with Crippen molar-refractivity contribution >= 4 is 0 Å². The molecular weight excluding hydrogens is 136 g/mol. The molecule has 0 fully saturated rings. The third-order valence-electron chi connectivity index (χ3n) is 2.35. The molecule has 1 nitrogen and oxygen atoms in total.